The number of thioether (sulfide) groups is 2. The number of ether oxygens (including phenoxy) is 2. The van der Waals surface area contributed by atoms with Crippen molar-refractivity contribution in [3.05, 3.63) is 23.8 Å². The normalized spacial score (nSPS) is 25.2. The first-order chi connectivity index (χ1) is 10.5. The lowest BCUT2D eigenvalue weighted by Gasteiger charge is -2.20. The maximum atomic E-state index is 12.2. The van der Waals surface area contributed by atoms with Crippen LogP contribution in [0.1, 0.15) is 38.2 Å². The molecule has 0 saturated carbocycles. The average Bonchev–Trinajstić information content (AvgIpc) is 2.87. The topological polar surface area (TPSA) is 52.6 Å². The Labute approximate surface area is 138 Å². The van der Waals surface area contributed by atoms with E-state index in [1.54, 1.807) is 35.7 Å². The molecule has 2 aliphatic rings. The number of rotatable bonds is 1. The summed E-state index contributed by atoms with van der Waals surface area (Å²) in [4.78, 5) is 24.3. The van der Waals surface area contributed by atoms with Crippen molar-refractivity contribution in [3.63, 3.8) is 0 Å². The van der Waals surface area contributed by atoms with E-state index in [-0.39, 0.29) is 22.4 Å². The SMILES string of the molecule is CC(C)c1ccc2c(c1)OC(=O)C[C@H]1SCSC1CC(=O)O2. The average molecular weight is 338 g/mol. The summed E-state index contributed by atoms with van der Waals surface area (Å²) in [6, 6.07) is 5.41. The number of hydrogen-bond acceptors (Lipinski definition) is 6. The van der Waals surface area contributed by atoms with Gasteiger partial charge in [-0.25, -0.2) is 0 Å². The van der Waals surface area contributed by atoms with E-state index < -0.39 is 0 Å². The zero-order valence-corrected chi connectivity index (χ0v) is 14.2. The number of benzene rings is 1. The molecule has 3 rings (SSSR count). The standard InChI is InChI=1S/C16H18O4S2/c1-9(2)10-3-4-11-12(5-10)20-16(18)7-14-13(21-8-22-14)6-15(17)19-11/h3-5,9,13-14H,6-8H2,1-2H3/t13?,14-/m1/s1. The highest BCUT2D eigenvalue weighted by Crippen LogP contribution is 2.42. The Morgan fingerprint density at radius 3 is 2.18 bits per heavy atom. The Morgan fingerprint density at radius 2 is 1.59 bits per heavy atom. The number of fused-ring (bicyclic) bond motifs is 2. The van der Waals surface area contributed by atoms with Crippen LogP contribution in [0.4, 0.5) is 0 Å². The van der Waals surface area contributed by atoms with Gasteiger partial charge in [-0.1, -0.05) is 19.9 Å². The third-order valence-corrected chi connectivity index (χ3v) is 6.90. The summed E-state index contributed by atoms with van der Waals surface area (Å²) >= 11 is 3.43. The molecular formula is C16H18O4S2. The van der Waals surface area contributed by atoms with Gasteiger partial charge in [-0.15, -0.1) is 23.5 Å². The highest BCUT2D eigenvalue weighted by atomic mass is 32.2. The molecular weight excluding hydrogens is 320 g/mol. The van der Waals surface area contributed by atoms with Crippen molar-refractivity contribution in [3.8, 4) is 11.5 Å². The second-order valence-electron chi connectivity index (χ2n) is 5.75. The third kappa shape index (κ3) is 3.43. The number of carbonyl (C=O) groups excluding carboxylic acids is 2. The molecule has 0 N–H and O–H groups in total. The minimum atomic E-state index is -0.263. The van der Waals surface area contributed by atoms with Crippen LogP contribution in [0.3, 0.4) is 0 Å². The minimum absolute atomic E-state index is 0.125. The first kappa shape index (κ1) is 15.7. The second-order valence-corrected chi connectivity index (χ2v) is 8.57. The van der Waals surface area contributed by atoms with Crippen LogP contribution in [-0.4, -0.2) is 27.5 Å². The summed E-state index contributed by atoms with van der Waals surface area (Å²) in [7, 11) is 0. The Balaban J connectivity index is 1.91. The highest BCUT2D eigenvalue weighted by molar-refractivity contribution is 8.19. The first-order valence-electron chi connectivity index (χ1n) is 7.31. The molecule has 2 heterocycles. The van der Waals surface area contributed by atoms with E-state index in [9.17, 15) is 9.59 Å². The summed E-state index contributed by atoms with van der Waals surface area (Å²) in [6.07, 6.45) is 0.669. The van der Waals surface area contributed by atoms with Crippen LogP contribution in [0.15, 0.2) is 18.2 Å². The Bertz CT molecular complexity index is 600. The van der Waals surface area contributed by atoms with Crippen molar-refractivity contribution in [1.29, 1.82) is 0 Å². The van der Waals surface area contributed by atoms with E-state index in [0.29, 0.717) is 30.3 Å². The maximum absolute atomic E-state index is 12.2. The molecule has 2 aliphatic heterocycles. The van der Waals surface area contributed by atoms with Crippen molar-refractivity contribution in [2.24, 2.45) is 0 Å². The van der Waals surface area contributed by atoms with Crippen LogP contribution in [0, 0.1) is 0 Å². The van der Waals surface area contributed by atoms with Crippen LogP contribution in [0.2, 0.25) is 0 Å². The summed E-state index contributed by atoms with van der Waals surface area (Å²) in [6.45, 7) is 4.12. The van der Waals surface area contributed by atoms with Gasteiger partial charge in [0.1, 0.15) is 0 Å². The summed E-state index contributed by atoms with van der Waals surface area (Å²) < 4.78 is 10.9. The Morgan fingerprint density at radius 1 is 1.00 bits per heavy atom. The van der Waals surface area contributed by atoms with Gasteiger partial charge in [-0.3, -0.25) is 9.59 Å². The molecule has 0 spiro atoms. The molecule has 0 aliphatic carbocycles. The van der Waals surface area contributed by atoms with Gasteiger partial charge in [-0.2, -0.15) is 0 Å². The van der Waals surface area contributed by atoms with Crippen LogP contribution in [-0.2, 0) is 9.59 Å². The summed E-state index contributed by atoms with van der Waals surface area (Å²) in [5.74, 6) is 0.461. The summed E-state index contributed by atoms with van der Waals surface area (Å²) in [5, 5.41) is 1.15. The fraction of sp³-hybridized carbons (Fsp3) is 0.500. The van der Waals surface area contributed by atoms with Crippen LogP contribution in [0.5, 0.6) is 11.5 Å². The van der Waals surface area contributed by atoms with E-state index in [1.165, 1.54) is 0 Å². The number of hydrogen-bond donors (Lipinski definition) is 0. The molecule has 22 heavy (non-hydrogen) atoms. The molecule has 0 radical (unpaired) electrons. The maximum Gasteiger partial charge on any atom is 0.312 e. The fourth-order valence-corrected chi connectivity index (χ4v) is 5.83. The van der Waals surface area contributed by atoms with Gasteiger partial charge in [0.15, 0.2) is 11.5 Å². The zero-order valence-electron chi connectivity index (χ0n) is 12.5. The van der Waals surface area contributed by atoms with Crippen molar-refractivity contribution in [1.82, 2.24) is 0 Å². The Kier molecular flexibility index (Phi) is 4.68. The molecule has 1 aromatic rings. The van der Waals surface area contributed by atoms with Crippen LogP contribution >= 0.6 is 23.5 Å². The molecule has 1 unspecified atom stereocenters. The highest BCUT2D eigenvalue weighted by Gasteiger charge is 2.34. The van der Waals surface area contributed by atoms with E-state index >= 15 is 0 Å². The van der Waals surface area contributed by atoms with Gasteiger partial charge in [0, 0.05) is 15.6 Å². The monoisotopic (exact) mass is 338 g/mol. The lowest BCUT2D eigenvalue weighted by atomic mass is 10.0. The van der Waals surface area contributed by atoms with Crippen LogP contribution in [0.25, 0.3) is 0 Å². The molecule has 1 fully saturated rings. The minimum Gasteiger partial charge on any atom is -0.422 e. The van der Waals surface area contributed by atoms with Crippen molar-refractivity contribution >= 4 is 35.5 Å². The lowest BCUT2D eigenvalue weighted by molar-refractivity contribution is -0.138. The molecule has 2 atom stereocenters. The fourth-order valence-electron chi connectivity index (χ4n) is 2.51. The van der Waals surface area contributed by atoms with Gasteiger partial charge < -0.3 is 9.47 Å². The Hall–Kier alpha value is -1.14. The molecule has 6 heteroatoms. The summed E-state index contributed by atoms with van der Waals surface area (Å²) in [5.41, 5.74) is 1.04. The molecule has 1 aromatic carbocycles. The van der Waals surface area contributed by atoms with Gasteiger partial charge >= 0.3 is 11.9 Å². The van der Waals surface area contributed by atoms with E-state index in [2.05, 4.69) is 13.8 Å². The van der Waals surface area contributed by atoms with Crippen molar-refractivity contribution in [2.75, 3.05) is 5.08 Å². The number of carbonyl (C=O) groups is 2. The quantitative estimate of drug-likeness (QED) is 0.576. The second kappa shape index (κ2) is 6.54. The predicted octanol–water partition coefficient (Wildman–Crippen LogP) is 3.59. The number of esters is 2. The van der Waals surface area contributed by atoms with Crippen molar-refractivity contribution in [2.45, 2.75) is 43.1 Å². The van der Waals surface area contributed by atoms with E-state index in [0.717, 1.165) is 10.6 Å². The lowest BCUT2D eigenvalue weighted by Crippen LogP contribution is -2.27. The van der Waals surface area contributed by atoms with E-state index in [1.807, 2.05) is 6.07 Å². The molecule has 118 valence electrons. The zero-order chi connectivity index (χ0) is 15.7. The molecule has 0 bridgehead atoms. The van der Waals surface area contributed by atoms with Gasteiger partial charge in [0.05, 0.1) is 12.8 Å². The predicted molar refractivity (Wildman–Crippen MR) is 88.7 cm³/mol. The molecule has 4 nitrogen and oxygen atoms in total. The van der Waals surface area contributed by atoms with Gasteiger partial charge in [0.2, 0.25) is 0 Å². The molecule has 0 aromatic heterocycles. The molecule has 1 saturated heterocycles. The first-order valence-corrected chi connectivity index (χ1v) is 9.41. The smallest absolute Gasteiger partial charge is 0.312 e. The van der Waals surface area contributed by atoms with Gasteiger partial charge in [0.25, 0.3) is 0 Å². The molecule has 0 amide bonds. The van der Waals surface area contributed by atoms with E-state index in [4.69, 9.17) is 9.47 Å². The largest absolute Gasteiger partial charge is 0.422 e. The van der Waals surface area contributed by atoms with Crippen LogP contribution < -0.4 is 9.47 Å². The van der Waals surface area contributed by atoms with Gasteiger partial charge in [-0.05, 0) is 23.6 Å². The van der Waals surface area contributed by atoms with Crippen molar-refractivity contribution < 1.29 is 19.1 Å². The third-order valence-electron chi connectivity index (χ3n) is 3.80.